The van der Waals surface area contributed by atoms with E-state index in [9.17, 15) is 9.59 Å². The van der Waals surface area contributed by atoms with Crippen LogP contribution in [0.25, 0.3) is 0 Å². The van der Waals surface area contributed by atoms with Crippen molar-refractivity contribution in [3.05, 3.63) is 47.0 Å². The zero-order valence-corrected chi connectivity index (χ0v) is 13.4. The third-order valence-corrected chi connectivity index (χ3v) is 2.14. The fourth-order valence-electron chi connectivity index (χ4n) is 1.45. The second-order valence-electron chi connectivity index (χ2n) is 4.09. The fourth-order valence-corrected chi connectivity index (χ4v) is 1.45. The fraction of sp³-hybridized carbons (Fsp3) is 0.0909. The predicted octanol–water partition coefficient (Wildman–Crippen LogP) is 0.155. The van der Waals surface area contributed by atoms with Gasteiger partial charge in [-0.2, -0.15) is 0 Å². The van der Waals surface area contributed by atoms with Crippen molar-refractivity contribution in [3.63, 3.8) is 0 Å². The SMILES string of the molecule is CC1=CC(=O)c2ccccc2C1=O.O=P(O)(O)O.O=P(O)(O)O. The van der Waals surface area contributed by atoms with Gasteiger partial charge in [0.15, 0.2) is 11.6 Å². The van der Waals surface area contributed by atoms with Crippen LogP contribution in [-0.2, 0) is 9.13 Å². The molecule has 0 amide bonds. The average molecular weight is 368 g/mol. The van der Waals surface area contributed by atoms with E-state index >= 15 is 0 Å². The maximum Gasteiger partial charge on any atom is 0.466 e. The molecule has 0 bridgehead atoms. The number of carbonyl (C=O) groups excluding carboxylic acids is 2. The van der Waals surface area contributed by atoms with Gasteiger partial charge in [-0.1, -0.05) is 24.3 Å². The van der Waals surface area contributed by atoms with Gasteiger partial charge in [-0.15, -0.1) is 0 Å². The lowest BCUT2D eigenvalue weighted by Crippen LogP contribution is -2.14. The maximum absolute atomic E-state index is 11.5. The minimum Gasteiger partial charge on any atom is -0.303 e. The Kier molecular flexibility index (Phi) is 7.85. The molecule has 128 valence electrons. The number of Topliss-reactive ketones (excluding diaryl/α,β-unsaturated/α-hetero) is 1. The summed E-state index contributed by atoms with van der Waals surface area (Å²) in [6.07, 6.45) is 1.39. The van der Waals surface area contributed by atoms with E-state index in [4.69, 9.17) is 38.5 Å². The number of carbonyl (C=O) groups is 2. The topological polar surface area (TPSA) is 190 Å². The molecule has 0 heterocycles. The average Bonchev–Trinajstić information content (AvgIpc) is 2.32. The van der Waals surface area contributed by atoms with Crippen LogP contribution in [0.1, 0.15) is 27.6 Å². The van der Waals surface area contributed by atoms with E-state index in [-0.39, 0.29) is 11.6 Å². The number of allylic oxidation sites excluding steroid dienone is 2. The zero-order chi connectivity index (χ0) is 18.4. The van der Waals surface area contributed by atoms with Crippen molar-refractivity contribution in [2.75, 3.05) is 0 Å². The molecule has 23 heavy (non-hydrogen) atoms. The smallest absolute Gasteiger partial charge is 0.303 e. The Morgan fingerprint density at radius 2 is 1.13 bits per heavy atom. The van der Waals surface area contributed by atoms with Crippen LogP contribution in [0.2, 0.25) is 0 Å². The Bertz CT molecular complexity index is 675. The molecule has 0 atom stereocenters. The second-order valence-corrected chi connectivity index (χ2v) is 6.15. The van der Waals surface area contributed by atoms with Gasteiger partial charge in [0.2, 0.25) is 0 Å². The van der Waals surface area contributed by atoms with Crippen LogP contribution in [0, 0.1) is 0 Å². The summed E-state index contributed by atoms with van der Waals surface area (Å²) in [6.45, 7) is 1.66. The number of phosphoric acid groups is 2. The third-order valence-electron chi connectivity index (χ3n) is 2.14. The number of benzene rings is 1. The number of fused-ring (bicyclic) bond motifs is 1. The second kappa shape index (κ2) is 8.39. The molecule has 0 radical (unpaired) electrons. The minimum atomic E-state index is -4.64. The molecule has 1 aromatic carbocycles. The summed E-state index contributed by atoms with van der Waals surface area (Å²) in [7, 11) is -9.28. The van der Waals surface area contributed by atoms with E-state index in [1.54, 1.807) is 31.2 Å². The molecule has 1 aromatic rings. The zero-order valence-electron chi connectivity index (χ0n) is 11.6. The summed E-state index contributed by atoms with van der Waals surface area (Å²) in [4.78, 5) is 66.1. The summed E-state index contributed by atoms with van der Waals surface area (Å²) >= 11 is 0. The lowest BCUT2D eigenvalue weighted by Gasteiger charge is -2.11. The maximum atomic E-state index is 11.5. The van der Waals surface area contributed by atoms with Gasteiger partial charge < -0.3 is 29.4 Å². The minimum absolute atomic E-state index is 0.0461. The number of ketones is 2. The molecule has 0 aromatic heterocycles. The lowest BCUT2D eigenvalue weighted by atomic mass is 9.90. The van der Waals surface area contributed by atoms with Gasteiger partial charge in [0.1, 0.15) is 0 Å². The van der Waals surface area contributed by atoms with Gasteiger partial charge >= 0.3 is 15.6 Å². The highest BCUT2D eigenvalue weighted by Crippen LogP contribution is 2.26. The Morgan fingerprint density at radius 1 is 0.783 bits per heavy atom. The Labute approximate surface area is 130 Å². The summed E-state index contributed by atoms with van der Waals surface area (Å²) in [6, 6.07) is 6.89. The van der Waals surface area contributed by atoms with E-state index in [1.807, 2.05) is 0 Å². The molecule has 6 N–H and O–H groups in total. The molecule has 0 spiro atoms. The van der Waals surface area contributed by atoms with Crippen molar-refractivity contribution in [1.82, 2.24) is 0 Å². The van der Waals surface area contributed by atoms with Crippen LogP contribution in [0.15, 0.2) is 35.9 Å². The molecule has 0 saturated carbocycles. The van der Waals surface area contributed by atoms with Gasteiger partial charge in [-0.25, -0.2) is 9.13 Å². The summed E-state index contributed by atoms with van der Waals surface area (Å²) in [5, 5.41) is 0. The predicted molar refractivity (Wildman–Crippen MR) is 77.4 cm³/mol. The molecule has 2 rings (SSSR count). The Morgan fingerprint density at radius 3 is 1.52 bits per heavy atom. The van der Waals surface area contributed by atoms with Gasteiger partial charge in [-0.05, 0) is 13.0 Å². The monoisotopic (exact) mass is 368 g/mol. The first-order valence-corrected chi connectivity index (χ1v) is 8.76. The van der Waals surface area contributed by atoms with Gasteiger partial charge in [0, 0.05) is 16.7 Å². The standard InChI is InChI=1S/C11H8O2.2H3O4P/c1-7-6-10(12)8-4-2-3-5-9(8)11(7)13;2*1-5(2,3)4/h2-6H,1H3;2*(H3,1,2,3,4). The molecular weight excluding hydrogens is 354 g/mol. The van der Waals surface area contributed by atoms with E-state index < -0.39 is 15.6 Å². The van der Waals surface area contributed by atoms with Crippen LogP contribution in [-0.4, -0.2) is 40.9 Å². The highest BCUT2D eigenvalue weighted by molar-refractivity contribution is 7.45. The number of hydrogen-bond acceptors (Lipinski definition) is 4. The van der Waals surface area contributed by atoms with E-state index in [0.717, 1.165) is 0 Å². The largest absolute Gasteiger partial charge is 0.466 e. The first-order valence-electron chi connectivity index (χ1n) is 5.63. The number of hydrogen-bond donors (Lipinski definition) is 6. The van der Waals surface area contributed by atoms with Crippen molar-refractivity contribution in [1.29, 1.82) is 0 Å². The quantitative estimate of drug-likeness (QED) is 0.344. The van der Waals surface area contributed by atoms with Crippen molar-refractivity contribution < 1.29 is 48.1 Å². The van der Waals surface area contributed by atoms with E-state index in [2.05, 4.69) is 0 Å². The van der Waals surface area contributed by atoms with E-state index in [0.29, 0.717) is 16.7 Å². The normalized spacial score (nSPS) is 13.8. The highest BCUT2D eigenvalue weighted by atomic mass is 31.2. The van der Waals surface area contributed by atoms with Crippen LogP contribution in [0.5, 0.6) is 0 Å². The molecular formula is C11H14O10P2. The Hall–Kier alpha value is -1.48. The summed E-state index contributed by atoms with van der Waals surface area (Å²) < 4.78 is 17.8. The van der Waals surface area contributed by atoms with Crippen molar-refractivity contribution in [2.24, 2.45) is 0 Å². The molecule has 10 nitrogen and oxygen atoms in total. The first kappa shape index (κ1) is 21.5. The highest BCUT2D eigenvalue weighted by Gasteiger charge is 2.21. The lowest BCUT2D eigenvalue weighted by molar-refractivity contribution is 0.0984. The van der Waals surface area contributed by atoms with Crippen LogP contribution >= 0.6 is 15.6 Å². The summed E-state index contributed by atoms with van der Waals surface area (Å²) in [5.41, 5.74) is 1.55. The molecule has 1 aliphatic carbocycles. The summed E-state index contributed by atoms with van der Waals surface area (Å²) in [5.74, 6) is -0.122. The van der Waals surface area contributed by atoms with Crippen LogP contribution < -0.4 is 0 Å². The molecule has 12 heteroatoms. The van der Waals surface area contributed by atoms with Crippen molar-refractivity contribution >= 4 is 27.2 Å². The van der Waals surface area contributed by atoms with E-state index in [1.165, 1.54) is 6.08 Å². The van der Waals surface area contributed by atoms with Gasteiger partial charge in [0.05, 0.1) is 0 Å². The van der Waals surface area contributed by atoms with Crippen LogP contribution in [0.4, 0.5) is 0 Å². The van der Waals surface area contributed by atoms with Gasteiger partial charge in [0.25, 0.3) is 0 Å². The molecule has 0 aliphatic heterocycles. The van der Waals surface area contributed by atoms with Crippen LogP contribution in [0.3, 0.4) is 0 Å². The molecule has 1 aliphatic rings. The number of rotatable bonds is 0. The third kappa shape index (κ3) is 10.8. The first-order chi connectivity index (χ1) is 10.2. The van der Waals surface area contributed by atoms with Crippen molar-refractivity contribution in [3.8, 4) is 0 Å². The molecule has 0 fully saturated rings. The molecule has 0 saturated heterocycles. The van der Waals surface area contributed by atoms with Crippen molar-refractivity contribution in [2.45, 2.75) is 6.92 Å². The van der Waals surface area contributed by atoms with Gasteiger partial charge in [-0.3, -0.25) is 9.59 Å². The molecule has 0 unspecified atom stereocenters. The Balaban J connectivity index is 0.000000406.